The van der Waals surface area contributed by atoms with Gasteiger partial charge in [0.1, 0.15) is 10.8 Å². The lowest BCUT2D eigenvalue weighted by Gasteiger charge is -2.27. The number of morpholine rings is 1. The number of nitrogens with zero attached hydrogens (tertiary/aromatic N) is 3. The first-order chi connectivity index (χ1) is 13.2. The molecule has 4 rings (SSSR count). The third kappa shape index (κ3) is 4.08. The van der Waals surface area contributed by atoms with Gasteiger partial charge in [-0.2, -0.15) is 0 Å². The van der Waals surface area contributed by atoms with E-state index >= 15 is 0 Å². The van der Waals surface area contributed by atoms with Gasteiger partial charge in [0.2, 0.25) is 0 Å². The molecule has 1 saturated heterocycles. The minimum atomic E-state index is 0.842. The van der Waals surface area contributed by atoms with Crippen LogP contribution >= 0.6 is 11.3 Å². The first kappa shape index (κ1) is 18.2. The van der Waals surface area contributed by atoms with Crippen LogP contribution in [0.5, 0.6) is 5.75 Å². The summed E-state index contributed by atoms with van der Waals surface area (Å²) in [4.78, 5) is 7.37. The van der Waals surface area contributed by atoms with Crippen molar-refractivity contribution in [1.82, 2.24) is 14.5 Å². The van der Waals surface area contributed by atoms with E-state index in [-0.39, 0.29) is 0 Å². The second-order valence-corrected chi connectivity index (χ2v) is 7.59. The molecule has 0 bridgehead atoms. The van der Waals surface area contributed by atoms with Crippen LogP contribution in [0.4, 0.5) is 0 Å². The number of hydrogen-bond acceptors (Lipinski definition) is 5. The highest BCUT2D eigenvalue weighted by Crippen LogP contribution is 2.31. The Labute approximate surface area is 164 Å². The molecule has 142 valence electrons. The van der Waals surface area contributed by atoms with Gasteiger partial charge in [-0.05, 0) is 43.3 Å². The third-order valence-corrected chi connectivity index (χ3v) is 5.94. The van der Waals surface area contributed by atoms with Crippen LogP contribution in [-0.2, 0) is 11.3 Å². The Bertz CT molecular complexity index is 879. The zero-order valence-corrected chi connectivity index (χ0v) is 16.7. The quantitative estimate of drug-likeness (QED) is 0.647. The third-order valence-electron chi connectivity index (χ3n) is 5.05. The second-order valence-electron chi connectivity index (χ2n) is 6.73. The summed E-state index contributed by atoms with van der Waals surface area (Å²) in [5.41, 5.74) is 4.63. The van der Waals surface area contributed by atoms with Crippen molar-refractivity contribution in [1.29, 1.82) is 0 Å². The molecule has 3 aromatic rings. The standard InChI is InChI=1S/C21H25N3O2S/c1-16-3-8-20(24(16)10-9-23-11-13-26-14-12-23)19-15-27-21(22-19)17-4-6-18(25-2)7-5-17/h3-8,15H,9-14H2,1-2H3. The highest BCUT2D eigenvalue weighted by atomic mass is 32.1. The molecule has 0 N–H and O–H groups in total. The molecule has 0 saturated carbocycles. The van der Waals surface area contributed by atoms with Gasteiger partial charge in [0.05, 0.1) is 31.7 Å². The molecule has 0 radical (unpaired) electrons. The highest BCUT2D eigenvalue weighted by Gasteiger charge is 2.15. The van der Waals surface area contributed by atoms with Gasteiger partial charge in [0.25, 0.3) is 0 Å². The number of aryl methyl sites for hydroxylation is 1. The van der Waals surface area contributed by atoms with Crippen LogP contribution in [0.15, 0.2) is 41.8 Å². The van der Waals surface area contributed by atoms with E-state index in [1.54, 1.807) is 18.4 Å². The Morgan fingerprint density at radius 3 is 2.59 bits per heavy atom. The van der Waals surface area contributed by atoms with Crippen LogP contribution in [-0.4, -0.2) is 54.4 Å². The monoisotopic (exact) mass is 383 g/mol. The minimum absolute atomic E-state index is 0.842. The SMILES string of the molecule is COc1ccc(-c2nc(-c3ccc(C)n3CCN3CCOCC3)cs2)cc1. The van der Waals surface area contributed by atoms with E-state index < -0.39 is 0 Å². The Kier molecular flexibility index (Phi) is 5.57. The molecule has 5 nitrogen and oxygen atoms in total. The van der Waals surface area contributed by atoms with Crippen LogP contribution in [0.1, 0.15) is 5.69 Å². The first-order valence-corrected chi connectivity index (χ1v) is 10.2. The van der Waals surface area contributed by atoms with Crippen LogP contribution in [0.3, 0.4) is 0 Å². The Morgan fingerprint density at radius 2 is 1.85 bits per heavy atom. The molecule has 0 spiro atoms. The lowest BCUT2D eigenvalue weighted by molar-refractivity contribution is 0.0364. The van der Waals surface area contributed by atoms with Crippen molar-refractivity contribution in [2.24, 2.45) is 0 Å². The molecular weight excluding hydrogens is 358 g/mol. The van der Waals surface area contributed by atoms with Crippen LogP contribution in [0.2, 0.25) is 0 Å². The molecule has 2 aromatic heterocycles. The normalized spacial score (nSPS) is 15.2. The van der Waals surface area contributed by atoms with Crippen molar-refractivity contribution in [3.63, 3.8) is 0 Å². The zero-order valence-electron chi connectivity index (χ0n) is 15.9. The number of methoxy groups -OCH3 is 1. The molecule has 3 heterocycles. The van der Waals surface area contributed by atoms with E-state index in [2.05, 4.69) is 46.0 Å². The van der Waals surface area contributed by atoms with Gasteiger partial charge < -0.3 is 14.0 Å². The van der Waals surface area contributed by atoms with E-state index in [1.165, 1.54) is 11.4 Å². The highest BCUT2D eigenvalue weighted by molar-refractivity contribution is 7.13. The summed E-state index contributed by atoms with van der Waals surface area (Å²) in [6.07, 6.45) is 0. The number of benzene rings is 1. The molecule has 0 unspecified atom stereocenters. The first-order valence-electron chi connectivity index (χ1n) is 9.31. The van der Waals surface area contributed by atoms with Gasteiger partial charge >= 0.3 is 0 Å². The molecule has 1 aliphatic rings. The van der Waals surface area contributed by atoms with E-state index in [0.29, 0.717) is 0 Å². The Morgan fingerprint density at radius 1 is 1.07 bits per heavy atom. The summed E-state index contributed by atoms with van der Waals surface area (Å²) < 4.78 is 13.1. The van der Waals surface area contributed by atoms with E-state index in [1.807, 2.05) is 12.1 Å². The summed E-state index contributed by atoms with van der Waals surface area (Å²) in [6, 6.07) is 12.4. The molecule has 6 heteroatoms. The lowest BCUT2D eigenvalue weighted by Crippen LogP contribution is -2.38. The molecule has 1 aromatic carbocycles. The maximum atomic E-state index is 5.45. The molecule has 0 aliphatic carbocycles. The number of ether oxygens (including phenoxy) is 2. The predicted octanol–water partition coefficient (Wildman–Crippen LogP) is 3.93. The van der Waals surface area contributed by atoms with Crippen LogP contribution in [0, 0.1) is 6.92 Å². The minimum Gasteiger partial charge on any atom is -0.497 e. The van der Waals surface area contributed by atoms with Gasteiger partial charge in [-0.3, -0.25) is 4.90 Å². The van der Waals surface area contributed by atoms with Crippen LogP contribution < -0.4 is 4.74 Å². The molecule has 1 fully saturated rings. The number of thiazole rings is 1. The van der Waals surface area contributed by atoms with Crippen molar-refractivity contribution in [3.8, 4) is 27.7 Å². The number of hydrogen-bond donors (Lipinski definition) is 0. The van der Waals surface area contributed by atoms with E-state index in [0.717, 1.165) is 61.4 Å². The van der Waals surface area contributed by atoms with Gasteiger partial charge in [-0.25, -0.2) is 4.98 Å². The summed E-state index contributed by atoms with van der Waals surface area (Å²) in [5.74, 6) is 0.864. The molecule has 27 heavy (non-hydrogen) atoms. The lowest BCUT2D eigenvalue weighted by atomic mass is 10.2. The van der Waals surface area contributed by atoms with Crippen molar-refractivity contribution < 1.29 is 9.47 Å². The number of aromatic nitrogens is 2. The topological polar surface area (TPSA) is 39.5 Å². The van der Waals surface area contributed by atoms with Crippen molar-refractivity contribution in [3.05, 3.63) is 47.5 Å². The zero-order chi connectivity index (χ0) is 18.6. The fourth-order valence-electron chi connectivity index (χ4n) is 3.41. The van der Waals surface area contributed by atoms with E-state index in [4.69, 9.17) is 14.5 Å². The Balaban J connectivity index is 1.52. The summed E-state index contributed by atoms with van der Waals surface area (Å²) >= 11 is 1.68. The smallest absolute Gasteiger partial charge is 0.124 e. The number of rotatable bonds is 6. The molecular formula is C21H25N3O2S. The predicted molar refractivity (Wildman–Crippen MR) is 110 cm³/mol. The summed E-state index contributed by atoms with van der Waals surface area (Å²) in [6.45, 7) is 7.91. The van der Waals surface area contributed by atoms with Crippen molar-refractivity contribution >= 4 is 11.3 Å². The second kappa shape index (κ2) is 8.25. The molecule has 1 aliphatic heterocycles. The van der Waals surface area contributed by atoms with Crippen LogP contribution in [0.25, 0.3) is 22.0 Å². The van der Waals surface area contributed by atoms with Gasteiger partial charge in [-0.15, -0.1) is 11.3 Å². The van der Waals surface area contributed by atoms with Gasteiger partial charge in [0, 0.05) is 42.8 Å². The van der Waals surface area contributed by atoms with Gasteiger partial charge in [-0.1, -0.05) is 0 Å². The van der Waals surface area contributed by atoms with Crippen molar-refractivity contribution in [2.75, 3.05) is 40.0 Å². The Hall–Kier alpha value is -2.15. The fraction of sp³-hybridized carbons (Fsp3) is 0.381. The maximum absolute atomic E-state index is 5.45. The fourth-order valence-corrected chi connectivity index (χ4v) is 4.23. The summed E-state index contributed by atoms with van der Waals surface area (Å²) in [7, 11) is 1.68. The summed E-state index contributed by atoms with van der Waals surface area (Å²) in [5, 5.41) is 3.19. The molecule has 0 amide bonds. The molecule has 0 atom stereocenters. The largest absolute Gasteiger partial charge is 0.497 e. The maximum Gasteiger partial charge on any atom is 0.124 e. The average molecular weight is 384 g/mol. The average Bonchev–Trinajstić information content (AvgIpc) is 3.34. The van der Waals surface area contributed by atoms with Crippen molar-refractivity contribution in [2.45, 2.75) is 13.5 Å². The van der Waals surface area contributed by atoms with E-state index in [9.17, 15) is 0 Å². The van der Waals surface area contributed by atoms with Gasteiger partial charge in [0.15, 0.2) is 0 Å².